The van der Waals surface area contributed by atoms with Crippen LogP contribution in [0.3, 0.4) is 0 Å². The Balaban J connectivity index is 2.22. The number of piperidine rings is 1. The van der Waals surface area contributed by atoms with Gasteiger partial charge >= 0.3 is 5.69 Å². The van der Waals surface area contributed by atoms with Crippen LogP contribution in [-0.2, 0) is 4.74 Å². The zero-order chi connectivity index (χ0) is 15.2. The van der Waals surface area contributed by atoms with E-state index in [2.05, 4.69) is 17.1 Å². The lowest BCUT2D eigenvalue weighted by atomic mass is 10.1. The smallest absolute Gasteiger partial charge is 0.315 e. The molecule has 1 N–H and O–H groups in total. The molecule has 1 aromatic carbocycles. The first-order valence-corrected chi connectivity index (χ1v) is 7.49. The molecule has 6 nitrogen and oxygen atoms in total. The summed E-state index contributed by atoms with van der Waals surface area (Å²) in [7, 11) is 1.70. The Bertz CT molecular complexity index is 493. The van der Waals surface area contributed by atoms with Crippen LogP contribution in [0.1, 0.15) is 26.2 Å². The Kier molecular flexibility index (Phi) is 5.38. The summed E-state index contributed by atoms with van der Waals surface area (Å²) in [6.45, 7) is 4.38. The average molecular weight is 293 g/mol. The van der Waals surface area contributed by atoms with E-state index in [0.29, 0.717) is 17.9 Å². The molecule has 1 aliphatic heterocycles. The number of anilines is 2. The molecule has 0 aromatic heterocycles. The van der Waals surface area contributed by atoms with Crippen LogP contribution < -0.4 is 10.2 Å². The lowest BCUT2D eigenvalue weighted by Gasteiger charge is -2.34. The third-order valence-corrected chi connectivity index (χ3v) is 3.74. The number of hydrogen-bond donors (Lipinski definition) is 1. The first-order valence-electron chi connectivity index (χ1n) is 7.49. The fourth-order valence-corrected chi connectivity index (χ4v) is 2.76. The van der Waals surface area contributed by atoms with E-state index in [1.54, 1.807) is 13.1 Å². The molecule has 6 heteroatoms. The number of rotatable bonds is 6. The van der Waals surface area contributed by atoms with Gasteiger partial charge in [-0.05, 0) is 31.4 Å². The number of nitrogens with zero attached hydrogens (tertiary/aromatic N) is 2. The van der Waals surface area contributed by atoms with Crippen molar-refractivity contribution in [2.24, 2.45) is 0 Å². The lowest BCUT2D eigenvalue weighted by molar-refractivity contribution is -0.383. The van der Waals surface area contributed by atoms with Crippen molar-refractivity contribution >= 4 is 17.1 Å². The van der Waals surface area contributed by atoms with Gasteiger partial charge < -0.3 is 15.0 Å². The molecule has 1 atom stereocenters. The SMILES string of the molecule is CCCOC1CCCN(c2cccc(NC)c2[N+](=O)[O-])C1. The van der Waals surface area contributed by atoms with E-state index in [1.165, 1.54) is 0 Å². The number of nitrogens with one attached hydrogen (secondary N) is 1. The van der Waals surface area contributed by atoms with Crippen molar-refractivity contribution in [3.8, 4) is 0 Å². The van der Waals surface area contributed by atoms with Crippen LogP contribution in [0.5, 0.6) is 0 Å². The number of para-hydroxylation sites is 1. The van der Waals surface area contributed by atoms with Crippen LogP contribution in [0.2, 0.25) is 0 Å². The number of benzene rings is 1. The minimum Gasteiger partial charge on any atom is -0.382 e. The molecule has 0 bridgehead atoms. The highest BCUT2D eigenvalue weighted by Crippen LogP contribution is 2.36. The molecular formula is C15H23N3O3. The third kappa shape index (κ3) is 3.64. The second kappa shape index (κ2) is 7.26. The fraction of sp³-hybridized carbons (Fsp3) is 0.600. The van der Waals surface area contributed by atoms with Crippen molar-refractivity contribution in [2.45, 2.75) is 32.3 Å². The molecule has 0 saturated carbocycles. The van der Waals surface area contributed by atoms with Crippen molar-refractivity contribution in [1.29, 1.82) is 0 Å². The molecule has 2 rings (SSSR count). The zero-order valence-corrected chi connectivity index (χ0v) is 12.7. The maximum atomic E-state index is 11.4. The first-order chi connectivity index (χ1) is 10.2. The van der Waals surface area contributed by atoms with E-state index >= 15 is 0 Å². The molecule has 0 radical (unpaired) electrons. The minimum atomic E-state index is -0.308. The number of ether oxygens (including phenoxy) is 1. The zero-order valence-electron chi connectivity index (χ0n) is 12.7. The molecule has 1 saturated heterocycles. The van der Waals surface area contributed by atoms with Gasteiger partial charge in [0, 0.05) is 26.7 Å². The molecule has 1 heterocycles. The summed E-state index contributed by atoms with van der Waals surface area (Å²) in [4.78, 5) is 13.2. The van der Waals surface area contributed by atoms with E-state index < -0.39 is 0 Å². The predicted molar refractivity (Wildman–Crippen MR) is 84.1 cm³/mol. The number of hydrogen-bond acceptors (Lipinski definition) is 5. The van der Waals surface area contributed by atoms with E-state index in [4.69, 9.17) is 4.74 Å². The van der Waals surface area contributed by atoms with E-state index in [0.717, 1.165) is 32.4 Å². The summed E-state index contributed by atoms with van der Waals surface area (Å²) in [6, 6.07) is 5.41. The van der Waals surface area contributed by atoms with E-state index in [1.807, 2.05) is 12.1 Å². The minimum absolute atomic E-state index is 0.149. The van der Waals surface area contributed by atoms with Crippen molar-refractivity contribution in [1.82, 2.24) is 0 Å². The Morgan fingerprint density at radius 2 is 2.33 bits per heavy atom. The van der Waals surface area contributed by atoms with Crippen LogP contribution in [-0.4, -0.2) is 37.8 Å². The summed E-state index contributed by atoms with van der Waals surface area (Å²) < 4.78 is 5.81. The van der Waals surface area contributed by atoms with Gasteiger partial charge in [0.15, 0.2) is 0 Å². The maximum absolute atomic E-state index is 11.4. The number of nitro benzene ring substituents is 1. The van der Waals surface area contributed by atoms with Crippen molar-refractivity contribution in [2.75, 3.05) is 37.0 Å². The van der Waals surface area contributed by atoms with Gasteiger partial charge in [-0.15, -0.1) is 0 Å². The monoisotopic (exact) mass is 293 g/mol. The van der Waals surface area contributed by atoms with Crippen LogP contribution in [0.25, 0.3) is 0 Å². The third-order valence-electron chi connectivity index (χ3n) is 3.74. The predicted octanol–water partition coefficient (Wildman–Crippen LogP) is 3.03. The Morgan fingerprint density at radius 1 is 1.52 bits per heavy atom. The molecule has 0 spiro atoms. The van der Waals surface area contributed by atoms with Gasteiger partial charge in [0.2, 0.25) is 0 Å². The van der Waals surface area contributed by atoms with Crippen molar-refractivity contribution in [3.05, 3.63) is 28.3 Å². The normalized spacial score (nSPS) is 18.6. The van der Waals surface area contributed by atoms with Gasteiger partial charge in [0.25, 0.3) is 0 Å². The summed E-state index contributed by atoms with van der Waals surface area (Å²) >= 11 is 0. The Labute approximate surface area is 125 Å². The van der Waals surface area contributed by atoms with Gasteiger partial charge in [-0.1, -0.05) is 13.0 Å². The Hall–Kier alpha value is -1.82. The summed E-state index contributed by atoms with van der Waals surface area (Å²) in [5.74, 6) is 0. The van der Waals surface area contributed by atoms with Crippen LogP contribution in [0, 0.1) is 10.1 Å². The van der Waals surface area contributed by atoms with Gasteiger partial charge in [-0.3, -0.25) is 10.1 Å². The topological polar surface area (TPSA) is 67.6 Å². The molecule has 1 fully saturated rings. The summed E-state index contributed by atoms with van der Waals surface area (Å²) in [5.41, 5.74) is 1.38. The summed E-state index contributed by atoms with van der Waals surface area (Å²) in [5, 5.41) is 14.3. The second-order valence-electron chi connectivity index (χ2n) is 5.26. The fourth-order valence-electron chi connectivity index (χ4n) is 2.76. The van der Waals surface area contributed by atoms with Crippen molar-refractivity contribution < 1.29 is 9.66 Å². The lowest BCUT2D eigenvalue weighted by Crippen LogP contribution is -2.40. The van der Waals surface area contributed by atoms with Gasteiger partial charge in [-0.2, -0.15) is 0 Å². The van der Waals surface area contributed by atoms with Crippen molar-refractivity contribution in [3.63, 3.8) is 0 Å². The molecule has 1 aromatic rings. The molecule has 1 aliphatic rings. The average Bonchev–Trinajstić information content (AvgIpc) is 2.52. The van der Waals surface area contributed by atoms with Crippen LogP contribution in [0.4, 0.5) is 17.1 Å². The highest BCUT2D eigenvalue weighted by Gasteiger charge is 2.27. The Morgan fingerprint density at radius 3 is 3.00 bits per heavy atom. The molecule has 1 unspecified atom stereocenters. The van der Waals surface area contributed by atoms with Gasteiger partial charge in [0.05, 0.1) is 11.0 Å². The highest BCUT2D eigenvalue weighted by molar-refractivity contribution is 5.77. The van der Waals surface area contributed by atoms with E-state index in [9.17, 15) is 10.1 Å². The largest absolute Gasteiger partial charge is 0.382 e. The standard InChI is InChI=1S/C15H23N3O3/c1-3-10-21-12-6-5-9-17(11-12)14-8-4-7-13(16-2)15(14)18(19)20/h4,7-8,12,16H,3,5-6,9-11H2,1-2H3. The highest BCUT2D eigenvalue weighted by atomic mass is 16.6. The number of nitro groups is 1. The van der Waals surface area contributed by atoms with Crippen LogP contribution >= 0.6 is 0 Å². The molecule has 0 amide bonds. The first kappa shape index (κ1) is 15.6. The van der Waals surface area contributed by atoms with Gasteiger partial charge in [-0.25, -0.2) is 0 Å². The molecular weight excluding hydrogens is 270 g/mol. The molecule has 21 heavy (non-hydrogen) atoms. The molecule has 116 valence electrons. The van der Waals surface area contributed by atoms with E-state index in [-0.39, 0.29) is 16.7 Å². The molecule has 0 aliphatic carbocycles. The van der Waals surface area contributed by atoms with Crippen LogP contribution in [0.15, 0.2) is 18.2 Å². The summed E-state index contributed by atoms with van der Waals surface area (Å²) in [6.07, 6.45) is 3.17. The maximum Gasteiger partial charge on any atom is 0.315 e. The van der Waals surface area contributed by atoms with Gasteiger partial charge in [0.1, 0.15) is 11.4 Å². The quantitative estimate of drug-likeness (QED) is 0.645. The second-order valence-corrected chi connectivity index (χ2v) is 5.26.